The molecule has 2 heterocycles. The third-order valence-electron chi connectivity index (χ3n) is 3.07. The minimum Gasteiger partial charge on any atom is -0.454 e. The number of ether oxygens (including phenoxy) is 2. The Morgan fingerprint density at radius 1 is 1.33 bits per heavy atom. The highest BCUT2D eigenvalue weighted by molar-refractivity contribution is 6.32. The molecule has 0 saturated carbocycles. The lowest BCUT2D eigenvalue weighted by Gasteiger charge is -2.07. The monoisotopic (exact) mass is 306 g/mol. The number of hydrogen-bond acceptors (Lipinski definition) is 4. The number of benzene rings is 1. The van der Waals surface area contributed by atoms with E-state index in [0.717, 1.165) is 4.90 Å². The Labute approximate surface area is 125 Å². The molecule has 0 aliphatic carbocycles. The molecule has 1 N–H and O–H groups in total. The van der Waals surface area contributed by atoms with Crippen molar-refractivity contribution >= 4 is 29.6 Å². The summed E-state index contributed by atoms with van der Waals surface area (Å²) < 4.78 is 10.5. The summed E-state index contributed by atoms with van der Waals surface area (Å²) in [4.78, 5) is 24.8. The van der Waals surface area contributed by atoms with Gasteiger partial charge in [-0.05, 0) is 17.7 Å². The first kappa shape index (κ1) is 13.5. The highest BCUT2D eigenvalue weighted by atomic mass is 35.5. The summed E-state index contributed by atoms with van der Waals surface area (Å²) in [5.41, 5.74) is 0.715. The minimum absolute atomic E-state index is 0.133. The zero-order valence-corrected chi connectivity index (χ0v) is 11.6. The standard InChI is InChI=1S/C14H11ClN2O4/c1-2-3-17-13(18)10(16-14(17)19)4-8-5-11-12(6-9(8)15)21-7-20-11/h2,4-6H,1,3,7H2,(H,16,19). The van der Waals surface area contributed by atoms with Gasteiger partial charge in [-0.1, -0.05) is 17.7 Å². The Kier molecular flexibility index (Phi) is 3.31. The molecule has 2 aliphatic heterocycles. The highest BCUT2D eigenvalue weighted by Gasteiger charge is 2.32. The second-order valence-electron chi connectivity index (χ2n) is 4.42. The number of imide groups is 1. The molecule has 1 saturated heterocycles. The van der Waals surface area contributed by atoms with Gasteiger partial charge in [0.15, 0.2) is 11.5 Å². The average molecular weight is 307 g/mol. The van der Waals surface area contributed by atoms with Crippen molar-refractivity contribution in [1.29, 1.82) is 0 Å². The molecular formula is C14H11ClN2O4. The molecular weight excluding hydrogens is 296 g/mol. The number of amides is 3. The second kappa shape index (κ2) is 5.14. The summed E-state index contributed by atoms with van der Waals surface area (Å²) >= 11 is 6.13. The number of urea groups is 1. The third-order valence-corrected chi connectivity index (χ3v) is 3.39. The molecule has 3 amide bonds. The van der Waals surface area contributed by atoms with Crippen LogP contribution >= 0.6 is 11.6 Å². The van der Waals surface area contributed by atoms with Crippen LogP contribution in [0.15, 0.2) is 30.5 Å². The van der Waals surface area contributed by atoms with Crippen LogP contribution in [-0.2, 0) is 4.79 Å². The number of nitrogens with zero attached hydrogens (tertiary/aromatic N) is 1. The quantitative estimate of drug-likeness (QED) is 0.528. The van der Waals surface area contributed by atoms with Crippen molar-refractivity contribution in [2.45, 2.75) is 0 Å². The molecule has 1 aromatic rings. The number of carbonyl (C=O) groups is 2. The summed E-state index contributed by atoms with van der Waals surface area (Å²) in [7, 11) is 0. The maximum absolute atomic E-state index is 12.1. The van der Waals surface area contributed by atoms with Gasteiger partial charge in [0.1, 0.15) is 5.70 Å². The van der Waals surface area contributed by atoms with Gasteiger partial charge in [-0.2, -0.15) is 0 Å². The maximum atomic E-state index is 12.1. The van der Waals surface area contributed by atoms with Gasteiger partial charge >= 0.3 is 6.03 Å². The minimum atomic E-state index is -0.483. The number of nitrogens with one attached hydrogen (secondary N) is 1. The number of halogens is 1. The Hall–Kier alpha value is -2.47. The Morgan fingerprint density at radius 3 is 2.76 bits per heavy atom. The van der Waals surface area contributed by atoms with E-state index in [9.17, 15) is 9.59 Å². The van der Waals surface area contributed by atoms with E-state index in [-0.39, 0.29) is 19.0 Å². The van der Waals surface area contributed by atoms with Gasteiger partial charge in [-0.25, -0.2) is 4.79 Å². The second-order valence-corrected chi connectivity index (χ2v) is 4.83. The topological polar surface area (TPSA) is 67.9 Å². The van der Waals surface area contributed by atoms with Gasteiger partial charge in [0.05, 0.1) is 5.02 Å². The average Bonchev–Trinajstić information content (AvgIpc) is 2.99. The molecule has 108 valence electrons. The summed E-state index contributed by atoms with van der Waals surface area (Å²) in [6.45, 7) is 3.79. The molecule has 0 atom stereocenters. The van der Waals surface area contributed by atoms with Crippen LogP contribution in [0.4, 0.5) is 4.79 Å². The number of carbonyl (C=O) groups excluding carboxylic acids is 2. The Bertz CT molecular complexity index is 684. The Morgan fingerprint density at radius 2 is 2.05 bits per heavy atom. The highest BCUT2D eigenvalue weighted by Crippen LogP contribution is 2.37. The lowest BCUT2D eigenvalue weighted by atomic mass is 10.1. The number of fused-ring (bicyclic) bond motifs is 1. The van der Waals surface area contributed by atoms with E-state index in [1.54, 1.807) is 12.1 Å². The van der Waals surface area contributed by atoms with Crippen LogP contribution < -0.4 is 14.8 Å². The fraction of sp³-hybridized carbons (Fsp3) is 0.143. The van der Waals surface area contributed by atoms with Gasteiger partial charge in [0, 0.05) is 12.6 Å². The van der Waals surface area contributed by atoms with Crippen LogP contribution in [-0.4, -0.2) is 30.2 Å². The fourth-order valence-electron chi connectivity index (χ4n) is 2.07. The number of hydrogen-bond donors (Lipinski definition) is 1. The first-order chi connectivity index (χ1) is 10.1. The molecule has 0 bridgehead atoms. The first-order valence-corrected chi connectivity index (χ1v) is 6.52. The third kappa shape index (κ3) is 2.34. The summed E-state index contributed by atoms with van der Waals surface area (Å²) in [5, 5.41) is 2.90. The van der Waals surface area contributed by atoms with Crippen molar-refractivity contribution in [2.24, 2.45) is 0 Å². The predicted octanol–water partition coefficient (Wildman–Crippen LogP) is 2.15. The number of rotatable bonds is 3. The maximum Gasteiger partial charge on any atom is 0.329 e. The molecule has 6 nitrogen and oxygen atoms in total. The molecule has 3 rings (SSSR count). The molecule has 0 unspecified atom stereocenters. The first-order valence-electron chi connectivity index (χ1n) is 6.14. The molecule has 0 radical (unpaired) electrons. The van der Waals surface area contributed by atoms with Crippen molar-refractivity contribution in [2.75, 3.05) is 13.3 Å². The van der Waals surface area contributed by atoms with E-state index in [0.29, 0.717) is 22.1 Å². The largest absolute Gasteiger partial charge is 0.454 e. The zero-order chi connectivity index (χ0) is 15.0. The van der Waals surface area contributed by atoms with Crippen molar-refractivity contribution in [1.82, 2.24) is 10.2 Å². The van der Waals surface area contributed by atoms with Gasteiger partial charge in [0.25, 0.3) is 5.91 Å². The molecule has 7 heteroatoms. The molecule has 2 aliphatic rings. The van der Waals surface area contributed by atoms with Gasteiger partial charge in [-0.15, -0.1) is 6.58 Å². The van der Waals surface area contributed by atoms with E-state index >= 15 is 0 Å². The lowest BCUT2D eigenvalue weighted by molar-refractivity contribution is -0.122. The Balaban J connectivity index is 1.94. The fourth-order valence-corrected chi connectivity index (χ4v) is 2.27. The van der Waals surface area contributed by atoms with Crippen molar-refractivity contribution in [3.63, 3.8) is 0 Å². The van der Waals surface area contributed by atoms with Gasteiger partial charge < -0.3 is 14.8 Å². The van der Waals surface area contributed by atoms with Crippen molar-refractivity contribution in [3.8, 4) is 11.5 Å². The smallest absolute Gasteiger partial charge is 0.329 e. The van der Waals surface area contributed by atoms with Gasteiger partial charge in [0.2, 0.25) is 6.79 Å². The summed E-state index contributed by atoms with van der Waals surface area (Å²) in [5.74, 6) is 0.678. The SMILES string of the molecule is C=CCN1C(=O)NC(=Cc2cc3c(cc2Cl)OCO3)C1=O. The van der Waals surface area contributed by atoms with Crippen LogP contribution in [0, 0.1) is 0 Å². The predicted molar refractivity (Wildman–Crippen MR) is 76.0 cm³/mol. The van der Waals surface area contributed by atoms with Crippen molar-refractivity contribution in [3.05, 3.63) is 41.1 Å². The van der Waals surface area contributed by atoms with Crippen LogP contribution in [0.2, 0.25) is 5.02 Å². The molecule has 1 fully saturated rings. The van der Waals surface area contributed by atoms with E-state index in [4.69, 9.17) is 21.1 Å². The van der Waals surface area contributed by atoms with Crippen molar-refractivity contribution < 1.29 is 19.1 Å². The van der Waals surface area contributed by atoms with Crippen LogP contribution in [0.25, 0.3) is 6.08 Å². The van der Waals surface area contributed by atoms with Gasteiger partial charge in [-0.3, -0.25) is 9.69 Å². The normalized spacial score (nSPS) is 18.3. The van der Waals surface area contributed by atoms with Crippen LogP contribution in [0.3, 0.4) is 0 Å². The van der Waals surface area contributed by atoms with Crippen LogP contribution in [0.1, 0.15) is 5.56 Å². The zero-order valence-electron chi connectivity index (χ0n) is 10.9. The molecule has 0 spiro atoms. The molecule has 0 aromatic heterocycles. The van der Waals surface area contributed by atoms with E-state index in [1.807, 2.05) is 0 Å². The van der Waals surface area contributed by atoms with E-state index < -0.39 is 11.9 Å². The van der Waals surface area contributed by atoms with Crippen LogP contribution in [0.5, 0.6) is 11.5 Å². The van der Waals surface area contributed by atoms with E-state index in [2.05, 4.69) is 11.9 Å². The summed E-state index contributed by atoms with van der Waals surface area (Å²) in [6, 6.07) is 2.79. The molecule has 1 aromatic carbocycles. The van der Waals surface area contributed by atoms with E-state index in [1.165, 1.54) is 12.2 Å². The lowest BCUT2D eigenvalue weighted by Crippen LogP contribution is -2.30. The summed E-state index contributed by atoms with van der Waals surface area (Å²) in [6.07, 6.45) is 2.99. The molecule has 21 heavy (non-hydrogen) atoms.